The summed E-state index contributed by atoms with van der Waals surface area (Å²) in [7, 11) is 1.32. The number of esters is 2. The monoisotopic (exact) mass is 859 g/mol. The van der Waals surface area contributed by atoms with Crippen molar-refractivity contribution in [3.8, 4) is 0 Å². The molecule has 3 aromatic rings. The lowest BCUT2D eigenvalue weighted by Crippen LogP contribution is -2.25. The molecule has 5 atom stereocenters. The highest BCUT2D eigenvalue weighted by Gasteiger charge is 2.48. The van der Waals surface area contributed by atoms with E-state index < -0.39 is 11.9 Å². The van der Waals surface area contributed by atoms with Crippen molar-refractivity contribution in [2.75, 3.05) is 13.7 Å². The van der Waals surface area contributed by atoms with Gasteiger partial charge in [0.05, 0.1) is 12.8 Å². The molecule has 0 amide bonds. The van der Waals surface area contributed by atoms with Crippen molar-refractivity contribution in [2.24, 2.45) is 29.6 Å². The van der Waals surface area contributed by atoms with E-state index in [4.69, 9.17) is 9.47 Å². The molecule has 0 unspecified atom stereocenters. The van der Waals surface area contributed by atoms with Crippen LogP contribution in [-0.2, 0) is 25.5 Å². The molecule has 3 aliphatic rings. The molecule has 3 aromatic heterocycles. The van der Waals surface area contributed by atoms with Crippen LogP contribution in [0.4, 0.5) is 0 Å². The average Bonchev–Trinajstić information content (AvgIpc) is 4.00. The van der Waals surface area contributed by atoms with E-state index in [1.165, 1.54) is 69.6 Å². The maximum Gasteiger partial charge on any atom is 0.321 e. The maximum atomic E-state index is 14.4. The van der Waals surface area contributed by atoms with Gasteiger partial charge >= 0.3 is 11.9 Å². The molecule has 2 aliphatic heterocycles. The fraction of sp³-hybridized carbons (Fsp3) is 0.537. The van der Waals surface area contributed by atoms with Gasteiger partial charge in [0, 0.05) is 74.1 Å². The van der Waals surface area contributed by atoms with Gasteiger partial charge in [0.15, 0.2) is 5.78 Å². The van der Waals surface area contributed by atoms with Crippen LogP contribution in [0.3, 0.4) is 0 Å². The normalized spacial score (nSPS) is 22.1. The topological polar surface area (TPSA) is 129 Å². The van der Waals surface area contributed by atoms with Crippen molar-refractivity contribution in [1.82, 2.24) is 20.3 Å². The van der Waals surface area contributed by atoms with Crippen LogP contribution in [-0.4, -0.2) is 46.4 Å². The van der Waals surface area contributed by atoms with Crippen LogP contribution in [0, 0.1) is 50.4 Å². The minimum absolute atomic E-state index is 0.0866. The number of unbranched alkanes of at least 4 members (excludes halogenated alkanes) is 2. The minimum atomic E-state index is -1.14. The second-order valence-electron chi connectivity index (χ2n) is 18.9. The van der Waals surface area contributed by atoms with Crippen LogP contribution in [0.2, 0.25) is 0 Å². The number of carbonyl (C=O) groups excluding carboxylic acids is 3. The number of carbonyl (C=O) groups is 3. The summed E-state index contributed by atoms with van der Waals surface area (Å²) in [6.45, 7) is 24.0. The Kier molecular flexibility index (Phi) is 15.9. The third kappa shape index (κ3) is 10.3. The van der Waals surface area contributed by atoms with Crippen molar-refractivity contribution >= 4 is 47.6 Å². The van der Waals surface area contributed by atoms with Crippen LogP contribution < -0.4 is 16.0 Å². The second-order valence-corrected chi connectivity index (χ2v) is 18.9. The summed E-state index contributed by atoms with van der Waals surface area (Å²) in [5.41, 5.74) is 12.5. The Morgan fingerprint density at radius 3 is 2.21 bits per heavy atom. The highest BCUT2D eigenvalue weighted by Crippen LogP contribution is 2.48. The molecule has 1 aliphatic carbocycles. The summed E-state index contributed by atoms with van der Waals surface area (Å²) >= 11 is 0. The zero-order valence-electron chi connectivity index (χ0n) is 39.9. The summed E-state index contributed by atoms with van der Waals surface area (Å²) in [4.78, 5) is 52.4. The smallest absolute Gasteiger partial charge is 0.321 e. The molecule has 340 valence electrons. The first-order chi connectivity index (χ1) is 30.2. The summed E-state index contributed by atoms with van der Waals surface area (Å²) in [6.07, 6.45) is 24.4. The Labute approximate surface area is 376 Å². The van der Waals surface area contributed by atoms with Crippen LogP contribution in [0.1, 0.15) is 180 Å². The predicted molar refractivity (Wildman–Crippen MR) is 257 cm³/mol. The van der Waals surface area contributed by atoms with Crippen LogP contribution in [0.5, 0.6) is 0 Å². The zero-order chi connectivity index (χ0) is 45.5. The van der Waals surface area contributed by atoms with Gasteiger partial charge in [0.1, 0.15) is 12.5 Å². The average molecular weight is 859 g/mol. The number of aromatic amines is 3. The third-order valence-electron chi connectivity index (χ3n) is 14.4. The molecule has 0 saturated carbocycles. The third-order valence-corrected chi connectivity index (χ3v) is 14.4. The fourth-order valence-electron chi connectivity index (χ4n) is 10.3. The lowest BCUT2D eigenvalue weighted by molar-refractivity contribution is -0.143. The van der Waals surface area contributed by atoms with Gasteiger partial charge in [0.25, 0.3) is 0 Å². The fourth-order valence-corrected chi connectivity index (χ4v) is 10.3. The number of H-pyrrole nitrogens is 3. The van der Waals surface area contributed by atoms with Crippen molar-refractivity contribution in [3.05, 3.63) is 96.5 Å². The summed E-state index contributed by atoms with van der Waals surface area (Å²) in [5.74, 6) is -1.06. The summed E-state index contributed by atoms with van der Waals surface area (Å²) in [5, 5.41) is 5.66. The molecule has 8 bridgehead atoms. The largest absolute Gasteiger partial charge is 0.468 e. The quantitative estimate of drug-likeness (QED) is 0.0388. The molecule has 9 heteroatoms. The number of Topliss-reactive ketones (excluding diaryl/α,β-unsaturated/α-hetero) is 1. The molecule has 0 aromatic carbocycles. The predicted octanol–water partition coefficient (Wildman–Crippen LogP) is 10.8. The zero-order valence-corrected chi connectivity index (χ0v) is 39.9. The Hall–Kier alpha value is -5.05. The lowest BCUT2D eigenvalue weighted by atomic mass is 9.85. The van der Waals surface area contributed by atoms with E-state index in [1.54, 1.807) is 0 Å². The molecule has 1 fully saturated rings. The van der Waals surface area contributed by atoms with Gasteiger partial charge in [-0.1, -0.05) is 104 Å². The highest BCUT2D eigenvalue weighted by atomic mass is 16.5. The molecule has 6 rings (SSSR count). The number of aromatic nitrogens is 3. The van der Waals surface area contributed by atoms with Gasteiger partial charge < -0.3 is 29.7 Å². The number of ketones is 1. The molecule has 0 spiro atoms. The van der Waals surface area contributed by atoms with Crippen LogP contribution >= 0.6 is 0 Å². The first kappa shape index (κ1) is 47.4. The van der Waals surface area contributed by atoms with Gasteiger partial charge in [-0.3, -0.25) is 14.4 Å². The van der Waals surface area contributed by atoms with E-state index >= 15 is 0 Å². The van der Waals surface area contributed by atoms with Crippen molar-refractivity contribution in [3.63, 3.8) is 0 Å². The number of rotatable bonds is 20. The van der Waals surface area contributed by atoms with Crippen molar-refractivity contribution in [2.45, 2.75) is 146 Å². The molecule has 4 N–H and O–H groups in total. The Balaban J connectivity index is 1.24. The summed E-state index contributed by atoms with van der Waals surface area (Å²) in [6, 6.07) is 0. The SMILES string of the molecule is C=Cc1c2[nH]c(c1C)/C=C1\N/C(=C3\c4[nH]c(c(C)c4C(=O)[C@@H]3C(=O)OC)/C=c3\[nH]/c(c(C)c3CC)=C\2)[C@@H](CCC(=O)OC/C=C(\C)CCC[C@H](C)CCC[C@H](C)CCCCC)[C@@H]1C. The first-order valence-corrected chi connectivity index (χ1v) is 23.9. The van der Waals surface area contributed by atoms with Crippen molar-refractivity contribution < 1.29 is 23.9 Å². The number of allylic oxidation sites excluding steroid dienone is 3. The minimum Gasteiger partial charge on any atom is -0.468 e. The lowest BCUT2D eigenvalue weighted by Gasteiger charge is -2.19. The van der Waals surface area contributed by atoms with Gasteiger partial charge in [-0.15, -0.1) is 0 Å². The molecule has 63 heavy (non-hydrogen) atoms. The molecular weight excluding hydrogens is 785 g/mol. The number of fused-ring (bicyclic) bond motifs is 7. The number of ether oxygens (including phenoxy) is 2. The molecular formula is C54H74N4O5. The van der Waals surface area contributed by atoms with E-state index in [1.807, 2.05) is 19.1 Å². The summed E-state index contributed by atoms with van der Waals surface area (Å²) < 4.78 is 11.1. The van der Waals surface area contributed by atoms with Crippen LogP contribution in [0.25, 0.3) is 29.9 Å². The van der Waals surface area contributed by atoms with E-state index in [-0.39, 0.29) is 36.6 Å². The van der Waals surface area contributed by atoms with E-state index in [9.17, 15) is 14.4 Å². The molecule has 1 saturated heterocycles. The Bertz CT molecular complexity index is 2410. The Morgan fingerprint density at radius 2 is 1.52 bits per heavy atom. The Morgan fingerprint density at radius 1 is 0.841 bits per heavy atom. The first-order valence-electron chi connectivity index (χ1n) is 23.9. The highest BCUT2D eigenvalue weighted by molar-refractivity contribution is 6.24. The molecule has 5 heterocycles. The number of nitrogens with one attached hydrogen (secondary N) is 4. The van der Waals surface area contributed by atoms with E-state index in [2.05, 4.69) is 100 Å². The van der Waals surface area contributed by atoms with E-state index in [0.717, 1.165) is 92.5 Å². The number of hydrogen-bond acceptors (Lipinski definition) is 6. The van der Waals surface area contributed by atoms with Gasteiger partial charge in [-0.2, -0.15) is 0 Å². The van der Waals surface area contributed by atoms with Crippen LogP contribution in [0.15, 0.2) is 29.6 Å². The standard InChI is InChI=1S/C54H74N4O5/c1-12-15-16-19-31(4)20-17-21-32(5)22-18-23-33(6)26-27-63-47(59)25-24-40-36(9)43-28-41-34(7)38(13-2)45(55-41)29-42-35(8)39(14-3)46(56-42)30-44-37(10)48-52(58-44)49(51(40)57-43)50(53(48)60)54(61)62-11/h13,26,28-32,36,40,50,55-58H,2,12,14-25,27H2,1,3-11H3/b33-26+,42-29-,43-28-,46-30-,51-49-/t31-,32-,36+,40+,50-/m1/s1. The second kappa shape index (κ2) is 21.1. The number of hydrogen-bond donors (Lipinski definition) is 4. The molecule has 9 nitrogen and oxygen atoms in total. The van der Waals surface area contributed by atoms with Gasteiger partial charge in [0.2, 0.25) is 0 Å². The van der Waals surface area contributed by atoms with Gasteiger partial charge in [-0.05, 0) is 112 Å². The van der Waals surface area contributed by atoms with E-state index in [0.29, 0.717) is 23.3 Å². The maximum absolute atomic E-state index is 14.4. The van der Waals surface area contributed by atoms with Gasteiger partial charge in [-0.25, -0.2) is 0 Å². The van der Waals surface area contributed by atoms with Crippen molar-refractivity contribution in [1.29, 1.82) is 0 Å². The molecule has 0 radical (unpaired) electrons. The number of methoxy groups -OCH3 is 1.